The Hall–Kier alpha value is -5.00. The molecule has 12 heteroatoms. The molecule has 2 aromatic rings. The summed E-state index contributed by atoms with van der Waals surface area (Å²) in [5, 5.41) is 10.4. The van der Waals surface area contributed by atoms with Crippen molar-refractivity contribution >= 4 is 35.5 Å². The van der Waals surface area contributed by atoms with Crippen LogP contribution in [-0.4, -0.2) is 77.2 Å². The maximum Gasteiger partial charge on any atom is 0.408 e. The van der Waals surface area contributed by atoms with Crippen molar-refractivity contribution in [3.05, 3.63) is 83.9 Å². The Labute approximate surface area is 301 Å². The molecule has 4 N–H and O–H groups in total. The first-order valence-corrected chi connectivity index (χ1v) is 17.7. The number of hydrogen-bond donors (Lipinski definition) is 4. The van der Waals surface area contributed by atoms with E-state index in [1.165, 1.54) is 17.4 Å². The van der Waals surface area contributed by atoms with E-state index in [4.69, 9.17) is 4.74 Å². The lowest BCUT2D eigenvalue weighted by Gasteiger charge is -2.32. The standard InChI is InChI=1S/C36H45N5O7.C3H8/c1-5-12-27(31(43)33(45)38-22-29(42)37-21-23-13-7-6-8-14-23)39-32(44)28-17-11-18-41(28)34(46)30(40-35(47)48-36(2,3)4)26-19-24-15-9-10-16-25(24)20-26;1-3-2/h5-10,13-16,26-28,30H,1,11-12,17-22H2,2-4H3,(H,37,42)(H,38,45)(H,39,44)(H,40,47);3H2,1-2H3/t27?,28-,30-;/m0./s1. The molecule has 12 nitrogen and oxygen atoms in total. The van der Waals surface area contributed by atoms with Crippen LogP contribution in [0.25, 0.3) is 0 Å². The first-order chi connectivity index (χ1) is 24.3. The topological polar surface area (TPSA) is 163 Å². The summed E-state index contributed by atoms with van der Waals surface area (Å²) in [5.41, 5.74) is 2.29. The highest BCUT2D eigenvalue weighted by molar-refractivity contribution is 6.38. The van der Waals surface area contributed by atoms with Gasteiger partial charge in [0.05, 0.1) is 6.54 Å². The lowest BCUT2D eigenvalue weighted by Crippen LogP contribution is -2.58. The Balaban J connectivity index is 0.00000226. The summed E-state index contributed by atoms with van der Waals surface area (Å²) in [6.07, 6.45) is 3.90. The number of alkyl carbamates (subject to hydrolysis) is 1. The largest absolute Gasteiger partial charge is 0.444 e. The van der Waals surface area contributed by atoms with E-state index >= 15 is 0 Å². The molecule has 0 aromatic heterocycles. The predicted octanol–water partition coefficient (Wildman–Crippen LogP) is 3.76. The fourth-order valence-corrected chi connectivity index (χ4v) is 6.06. The summed E-state index contributed by atoms with van der Waals surface area (Å²) in [6.45, 7) is 13.2. The Morgan fingerprint density at radius 3 is 2.12 bits per heavy atom. The molecule has 0 saturated carbocycles. The molecule has 0 bridgehead atoms. The summed E-state index contributed by atoms with van der Waals surface area (Å²) in [7, 11) is 0. The minimum absolute atomic E-state index is 0.0397. The minimum Gasteiger partial charge on any atom is -0.444 e. The van der Waals surface area contributed by atoms with E-state index in [2.05, 4.69) is 41.7 Å². The third kappa shape index (κ3) is 12.4. The number of ether oxygens (including phenoxy) is 1. The van der Waals surface area contributed by atoms with Crippen LogP contribution in [0.3, 0.4) is 0 Å². The number of rotatable bonds is 13. The number of nitrogens with one attached hydrogen (secondary N) is 4. The van der Waals surface area contributed by atoms with Gasteiger partial charge in [0.1, 0.15) is 23.7 Å². The molecule has 2 aromatic carbocycles. The fourth-order valence-electron chi connectivity index (χ4n) is 6.06. The van der Waals surface area contributed by atoms with Gasteiger partial charge in [-0.1, -0.05) is 80.9 Å². The zero-order chi connectivity index (χ0) is 37.6. The number of hydrogen-bond acceptors (Lipinski definition) is 7. The molecule has 1 heterocycles. The van der Waals surface area contributed by atoms with Crippen LogP contribution in [0.15, 0.2) is 67.3 Å². The highest BCUT2D eigenvalue weighted by atomic mass is 16.6. The van der Waals surface area contributed by atoms with E-state index in [-0.39, 0.29) is 25.4 Å². The van der Waals surface area contributed by atoms with Gasteiger partial charge in [0.25, 0.3) is 5.91 Å². The van der Waals surface area contributed by atoms with Gasteiger partial charge in [-0.2, -0.15) is 0 Å². The summed E-state index contributed by atoms with van der Waals surface area (Å²) in [4.78, 5) is 80.1. The second-order valence-electron chi connectivity index (χ2n) is 13.9. The second-order valence-corrected chi connectivity index (χ2v) is 13.9. The molecule has 0 radical (unpaired) electrons. The molecule has 3 atom stereocenters. The van der Waals surface area contributed by atoms with Crippen LogP contribution in [0, 0.1) is 5.92 Å². The Kier molecular flexibility index (Phi) is 15.4. The molecule has 51 heavy (non-hydrogen) atoms. The molecule has 1 unspecified atom stereocenters. The first-order valence-electron chi connectivity index (χ1n) is 17.7. The molecular formula is C39H53N5O7. The number of Topliss-reactive ketones (excluding diaryl/α,β-unsaturated/α-hetero) is 1. The average Bonchev–Trinajstić information content (AvgIpc) is 3.76. The molecule has 4 rings (SSSR count). The van der Waals surface area contributed by atoms with Crippen molar-refractivity contribution in [3.8, 4) is 0 Å². The van der Waals surface area contributed by atoms with Crippen molar-refractivity contribution < 1.29 is 33.5 Å². The van der Waals surface area contributed by atoms with E-state index < -0.39 is 65.8 Å². The summed E-state index contributed by atoms with van der Waals surface area (Å²) >= 11 is 0. The number of amides is 5. The molecule has 276 valence electrons. The number of carbonyl (C=O) groups excluding carboxylic acids is 6. The van der Waals surface area contributed by atoms with Gasteiger partial charge < -0.3 is 30.9 Å². The third-order valence-electron chi connectivity index (χ3n) is 8.33. The van der Waals surface area contributed by atoms with Crippen LogP contribution in [0.2, 0.25) is 0 Å². The second kappa shape index (κ2) is 19.4. The van der Waals surface area contributed by atoms with Crippen LogP contribution < -0.4 is 21.3 Å². The van der Waals surface area contributed by atoms with Crippen molar-refractivity contribution in [2.75, 3.05) is 13.1 Å². The number of ketones is 1. The lowest BCUT2D eigenvalue weighted by atomic mass is 9.95. The molecule has 1 aliphatic carbocycles. The number of benzene rings is 2. The molecular weight excluding hydrogens is 650 g/mol. The SMILES string of the molecule is C=CCC(NC(=O)[C@@H]1CCCN1C(=O)[C@@H](NC(=O)OC(C)(C)C)C1Cc2ccccc2C1)C(=O)C(=O)NCC(=O)NCc1ccccc1.CCC. The van der Waals surface area contributed by atoms with Crippen molar-refractivity contribution in [3.63, 3.8) is 0 Å². The van der Waals surface area contributed by atoms with Gasteiger partial charge in [-0.25, -0.2) is 4.79 Å². The monoisotopic (exact) mass is 703 g/mol. The van der Waals surface area contributed by atoms with Crippen LogP contribution in [0.4, 0.5) is 4.79 Å². The van der Waals surface area contributed by atoms with E-state index in [1.807, 2.05) is 54.6 Å². The van der Waals surface area contributed by atoms with E-state index in [9.17, 15) is 28.8 Å². The maximum atomic E-state index is 14.1. The molecule has 1 aliphatic heterocycles. The third-order valence-corrected chi connectivity index (χ3v) is 8.33. The molecule has 0 spiro atoms. The van der Waals surface area contributed by atoms with Crippen molar-refractivity contribution in [1.82, 2.24) is 26.2 Å². The molecule has 1 saturated heterocycles. The normalized spacial score (nSPS) is 16.3. The molecule has 5 amide bonds. The van der Waals surface area contributed by atoms with Crippen LogP contribution in [0.1, 0.15) is 77.0 Å². The average molecular weight is 704 g/mol. The number of fused-ring (bicyclic) bond motifs is 1. The lowest BCUT2D eigenvalue weighted by molar-refractivity contribution is -0.143. The van der Waals surface area contributed by atoms with Crippen LogP contribution in [-0.2, 0) is 48.1 Å². The zero-order valence-electron chi connectivity index (χ0n) is 30.5. The van der Waals surface area contributed by atoms with Gasteiger partial charge in [-0.3, -0.25) is 24.0 Å². The van der Waals surface area contributed by atoms with E-state index in [0.29, 0.717) is 25.7 Å². The van der Waals surface area contributed by atoms with Crippen molar-refractivity contribution in [1.29, 1.82) is 0 Å². The van der Waals surface area contributed by atoms with Gasteiger partial charge in [-0.15, -0.1) is 6.58 Å². The van der Waals surface area contributed by atoms with Gasteiger partial charge in [0.15, 0.2) is 0 Å². The molecule has 1 fully saturated rings. The highest BCUT2D eigenvalue weighted by Crippen LogP contribution is 2.31. The summed E-state index contributed by atoms with van der Waals surface area (Å²) < 4.78 is 5.48. The van der Waals surface area contributed by atoms with E-state index in [1.54, 1.807) is 20.8 Å². The quantitative estimate of drug-likeness (QED) is 0.182. The number of carbonyl (C=O) groups is 6. The fraction of sp³-hybridized carbons (Fsp3) is 0.487. The number of nitrogens with zero attached hydrogens (tertiary/aromatic N) is 1. The van der Waals surface area contributed by atoms with Crippen molar-refractivity contribution in [2.24, 2.45) is 5.92 Å². The van der Waals surface area contributed by atoms with Crippen LogP contribution >= 0.6 is 0 Å². The Morgan fingerprint density at radius 1 is 0.922 bits per heavy atom. The number of likely N-dealkylation sites (tertiary alicyclic amines) is 1. The van der Waals surface area contributed by atoms with Gasteiger partial charge in [-0.05, 0) is 75.5 Å². The Morgan fingerprint density at radius 2 is 1.53 bits per heavy atom. The summed E-state index contributed by atoms with van der Waals surface area (Å²) in [5.74, 6) is -3.72. The smallest absolute Gasteiger partial charge is 0.408 e. The van der Waals surface area contributed by atoms with Gasteiger partial charge in [0, 0.05) is 13.1 Å². The van der Waals surface area contributed by atoms with E-state index in [0.717, 1.165) is 16.7 Å². The minimum atomic E-state index is -1.25. The summed E-state index contributed by atoms with van der Waals surface area (Å²) in [6, 6.07) is 14.0. The van der Waals surface area contributed by atoms with Gasteiger partial charge in [0.2, 0.25) is 23.5 Å². The van der Waals surface area contributed by atoms with Crippen LogP contribution in [0.5, 0.6) is 0 Å². The Bertz CT molecular complexity index is 1510. The van der Waals surface area contributed by atoms with Gasteiger partial charge >= 0.3 is 6.09 Å². The highest BCUT2D eigenvalue weighted by Gasteiger charge is 2.43. The molecule has 2 aliphatic rings. The zero-order valence-corrected chi connectivity index (χ0v) is 30.5. The predicted molar refractivity (Wildman–Crippen MR) is 194 cm³/mol. The first kappa shape index (κ1) is 40.4. The van der Waals surface area contributed by atoms with Crippen molar-refractivity contribution in [2.45, 2.75) is 103 Å². The maximum absolute atomic E-state index is 14.1.